The summed E-state index contributed by atoms with van der Waals surface area (Å²) in [5.41, 5.74) is 2.14. The lowest BCUT2D eigenvalue weighted by atomic mass is 9.90. The van der Waals surface area contributed by atoms with Crippen molar-refractivity contribution >= 4 is 34.8 Å². The highest BCUT2D eigenvalue weighted by Gasteiger charge is 2.61. The van der Waals surface area contributed by atoms with Gasteiger partial charge in [-0.05, 0) is 42.8 Å². The lowest BCUT2D eigenvalue weighted by Gasteiger charge is -2.29. The molecule has 3 unspecified atom stereocenters. The first-order chi connectivity index (χ1) is 15.9. The molecular formula is C25H21ClN2O5. The number of phenolic OH excluding ortho intramolecular Hbond substituents is 1. The van der Waals surface area contributed by atoms with Gasteiger partial charge in [-0.1, -0.05) is 48.0 Å². The molecule has 2 heterocycles. The predicted molar refractivity (Wildman–Crippen MR) is 123 cm³/mol. The fourth-order valence-electron chi connectivity index (χ4n) is 4.55. The van der Waals surface area contributed by atoms with Crippen molar-refractivity contribution in [3.8, 4) is 11.5 Å². The number of halogens is 1. The normalized spacial score (nSPS) is 22.1. The second kappa shape index (κ2) is 8.10. The number of hydrogen-bond donors (Lipinski definition) is 1. The van der Waals surface area contributed by atoms with Gasteiger partial charge in [0.25, 0.3) is 5.91 Å². The van der Waals surface area contributed by atoms with Gasteiger partial charge in [0.15, 0.2) is 17.6 Å². The predicted octanol–water partition coefficient (Wildman–Crippen LogP) is 4.41. The van der Waals surface area contributed by atoms with Crippen LogP contribution in [0, 0.1) is 12.8 Å². The van der Waals surface area contributed by atoms with Crippen LogP contribution in [0.5, 0.6) is 11.5 Å². The Labute approximate surface area is 195 Å². The van der Waals surface area contributed by atoms with Crippen LogP contribution in [0.25, 0.3) is 0 Å². The van der Waals surface area contributed by atoms with Crippen LogP contribution in [0.15, 0.2) is 66.7 Å². The number of benzene rings is 3. The molecule has 2 aliphatic rings. The van der Waals surface area contributed by atoms with Crippen molar-refractivity contribution in [3.05, 3.63) is 82.9 Å². The van der Waals surface area contributed by atoms with E-state index in [0.29, 0.717) is 27.5 Å². The third kappa shape index (κ3) is 3.23. The summed E-state index contributed by atoms with van der Waals surface area (Å²) in [6.07, 6.45) is -1.05. The van der Waals surface area contributed by atoms with Gasteiger partial charge in [0.2, 0.25) is 5.91 Å². The van der Waals surface area contributed by atoms with Gasteiger partial charge in [-0.3, -0.25) is 14.4 Å². The number of aromatic hydroxyl groups is 1. The van der Waals surface area contributed by atoms with Crippen LogP contribution in [-0.2, 0) is 14.4 Å². The zero-order valence-electron chi connectivity index (χ0n) is 17.9. The molecule has 0 aromatic heterocycles. The van der Waals surface area contributed by atoms with Crippen molar-refractivity contribution < 1.29 is 24.3 Å². The van der Waals surface area contributed by atoms with Crippen LogP contribution in [-0.4, -0.2) is 30.1 Å². The molecule has 0 saturated carbocycles. The number of ether oxygens (including phenoxy) is 1. The fraction of sp³-hybridized carbons (Fsp3) is 0.200. The van der Waals surface area contributed by atoms with E-state index in [2.05, 4.69) is 0 Å². The summed E-state index contributed by atoms with van der Waals surface area (Å²) in [4.78, 5) is 34.4. The van der Waals surface area contributed by atoms with Gasteiger partial charge >= 0.3 is 0 Å². The zero-order chi connectivity index (χ0) is 23.3. The minimum atomic E-state index is -1.05. The molecule has 2 amide bonds. The minimum Gasteiger partial charge on any atom is -0.504 e. The standard InChI is InChI=1S/C25H21ClN2O5/c1-14-17(26)11-7-12-18(14)27-24(30)20-21(16-10-6-13-19(32-2)22(16)29)28(33-23(20)25(27)31)15-8-4-3-5-9-15/h3-13,20-21,23,29H,1-2H3. The average molecular weight is 465 g/mol. The molecule has 3 aromatic carbocycles. The van der Waals surface area contributed by atoms with Crippen molar-refractivity contribution in [1.29, 1.82) is 0 Å². The van der Waals surface area contributed by atoms with E-state index in [1.165, 1.54) is 12.2 Å². The zero-order valence-corrected chi connectivity index (χ0v) is 18.7. The number of fused-ring (bicyclic) bond motifs is 1. The van der Waals surface area contributed by atoms with Gasteiger partial charge in [-0.25, -0.2) is 9.96 Å². The van der Waals surface area contributed by atoms with Crippen molar-refractivity contribution in [2.24, 2.45) is 5.92 Å². The molecule has 2 aliphatic heterocycles. The van der Waals surface area contributed by atoms with E-state index in [1.54, 1.807) is 43.3 Å². The molecule has 0 aliphatic carbocycles. The number of methoxy groups -OCH3 is 1. The van der Waals surface area contributed by atoms with Gasteiger partial charge in [0.1, 0.15) is 12.0 Å². The molecule has 8 heteroatoms. The summed E-state index contributed by atoms with van der Waals surface area (Å²) in [5.74, 6) is -1.60. The number of rotatable bonds is 4. The van der Waals surface area contributed by atoms with Crippen molar-refractivity contribution in [2.75, 3.05) is 17.1 Å². The Hall–Kier alpha value is -3.55. The van der Waals surface area contributed by atoms with E-state index in [-0.39, 0.29) is 11.5 Å². The van der Waals surface area contributed by atoms with Crippen molar-refractivity contribution in [1.82, 2.24) is 0 Å². The number of nitrogens with zero attached hydrogens (tertiary/aromatic N) is 2. The third-order valence-electron chi connectivity index (χ3n) is 6.17. The van der Waals surface area contributed by atoms with Gasteiger partial charge in [-0.15, -0.1) is 0 Å². The Kier molecular flexibility index (Phi) is 5.23. The second-order valence-corrected chi connectivity index (χ2v) is 8.36. The highest BCUT2D eigenvalue weighted by atomic mass is 35.5. The molecule has 5 rings (SSSR count). The molecule has 3 aromatic rings. The highest BCUT2D eigenvalue weighted by Crippen LogP contribution is 2.51. The maximum absolute atomic E-state index is 13.7. The number of anilines is 2. The molecule has 0 spiro atoms. The van der Waals surface area contributed by atoms with E-state index in [0.717, 1.165) is 4.90 Å². The van der Waals surface area contributed by atoms with Crippen LogP contribution in [0.1, 0.15) is 17.2 Å². The molecule has 3 atom stereocenters. The maximum Gasteiger partial charge on any atom is 0.266 e. The maximum atomic E-state index is 13.7. The van der Waals surface area contributed by atoms with E-state index < -0.39 is 29.9 Å². The lowest BCUT2D eigenvalue weighted by molar-refractivity contribution is -0.126. The first kappa shape index (κ1) is 21.3. The summed E-state index contributed by atoms with van der Waals surface area (Å²) >= 11 is 6.25. The third-order valence-corrected chi connectivity index (χ3v) is 6.58. The summed E-state index contributed by atoms with van der Waals surface area (Å²) in [6, 6.07) is 18.6. The first-order valence-electron chi connectivity index (χ1n) is 10.4. The van der Waals surface area contributed by atoms with Crippen LogP contribution in [0.4, 0.5) is 11.4 Å². The highest BCUT2D eigenvalue weighted by molar-refractivity contribution is 6.32. The molecule has 168 valence electrons. The molecular weight excluding hydrogens is 444 g/mol. The van der Waals surface area contributed by atoms with Gasteiger partial charge in [-0.2, -0.15) is 0 Å². The number of imide groups is 1. The molecule has 7 nitrogen and oxygen atoms in total. The molecule has 0 bridgehead atoms. The Balaban J connectivity index is 1.64. The SMILES string of the molecule is COc1cccc(C2C3C(=O)N(c4cccc(Cl)c4C)C(=O)C3ON2c2ccccc2)c1O. The smallest absolute Gasteiger partial charge is 0.266 e. The number of hydroxylamine groups is 1. The van der Waals surface area contributed by atoms with Gasteiger partial charge < -0.3 is 9.84 Å². The van der Waals surface area contributed by atoms with E-state index in [4.69, 9.17) is 21.2 Å². The van der Waals surface area contributed by atoms with E-state index >= 15 is 0 Å². The topological polar surface area (TPSA) is 79.3 Å². The average Bonchev–Trinajstić information content (AvgIpc) is 3.33. The summed E-state index contributed by atoms with van der Waals surface area (Å²) in [5, 5.41) is 12.9. The quantitative estimate of drug-likeness (QED) is 0.576. The van der Waals surface area contributed by atoms with Gasteiger partial charge in [0, 0.05) is 10.6 Å². The summed E-state index contributed by atoms with van der Waals surface area (Å²) in [6.45, 7) is 1.76. The molecule has 2 saturated heterocycles. The van der Waals surface area contributed by atoms with Crippen LogP contribution in [0.2, 0.25) is 5.02 Å². The number of carbonyl (C=O) groups excluding carboxylic acids is 2. The largest absolute Gasteiger partial charge is 0.504 e. The van der Waals surface area contributed by atoms with Crippen LogP contribution in [0.3, 0.4) is 0 Å². The minimum absolute atomic E-state index is 0.104. The number of hydrogen-bond acceptors (Lipinski definition) is 6. The number of carbonyl (C=O) groups is 2. The van der Waals surface area contributed by atoms with Gasteiger partial charge in [0.05, 0.1) is 18.5 Å². The number of phenols is 1. The van der Waals surface area contributed by atoms with Crippen LogP contribution >= 0.6 is 11.6 Å². The Morgan fingerprint density at radius 3 is 2.42 bits per heavy atom. The Bertz CT molecular complexity index is 1250. The summed E-state index contributed by atoms with van der Waals surface area (Å²) < 4.78 is 5.28. The first-order valence-corrected chi connectivity index (χ1v) is 10.8. The fourth-order valence-corrected chi connectivity index (χ4v) is 4.72. The van der Waals surface area contributed by atoms with Crippen LogP contribution < -0.4 is 14.7 Å². The second-order valence-electron chi connectivity index (χ2n) is 7.95. The van der Waals surface area contributed by atoms with E-state index in [9.17, 15) is 14.7 Å². The van der Waals surface area contributed by atoms with Crippen molar-refractivity contribution in [3.63, 3.8) is 0 Å². The Morgan fingerprint density at radius 1 is 0.970 bits per heavy atom. The molecule has 33 heavy (non-hydrogen) atoms. The Morgan fingerprint density at radius 2 is 1.70 bits per heavy atom. The van der Waals surface area contributed by atoms with Crippen molar-refractivity contribution in [2.45, 2.75) is 19.1 Å². The summed E-state index contributed by atoms with van der Waals surface area (Å²) in [7, 11) is 1.45. The molecule has 1 N–H and O–H groups in total. The molecule has 0 radical (unpaired) electrons. The molecule has 2 fully saturated rings. The number of para-hydroxylation sites is 2. The van der Waals surface area contributed by atoms with E-state index in [1.807, 2.05) is 30.3 Å². The lowest BCUT2D eigenvalue weighted by Crippen LogP contribution is -2.37. The number of amides is 2. The monoisotopic (exact) mass is 464 g/mol.